The Labute approximate surface area is 311 Å². The van der Waals surface area contributed by atoms with E-state index in [2.05, 4.69) is 164 Å². The highest BCUT2D eigenvalue weighted by Crippen LogP contribution is 2.49. The number of hydrogen-bond donors (Lipinski definition) is 0. The van der Waals surface area contributed by atoms with Gasteiger partial charge in [0.1, 0.15) is 0 Å². The maximum atomic E-state index is 5.42. The maximum absolute atomic E-state index is 5.42. The molecule has 3 nitrogen and oxygen atoms in total. The minimum atomic E-state index is 0.639. The summed E-state index contributed by atoms with van der Waals surface area (Å²) < 4.78 is 2.46. The Morgan fingerprint density at radius 3 is 1.47 bits per heavy atom. The summed E-state index contributed by atoms with van der Waals surface area (Å²) in [4.78, 5) is 15.9. The zero-order valence-electron chi connectivity index (χ0n) is 28.6. The van der Waals surface area contributed by atoms with Crippen LogP contribution in [0, 0.1) is 0 Å². The predicted molar refractivity (Wildman–Crippen MR) is 223 cm³/mol. The fraction of sp³-hybridized carbons (Fsp3) is 0. The van der Waals surface area contributed by atoms with Gasteiger partial charge in [-0.05, 0) is 44.7 Å². The second kappa shape index (κ2) is 13.1. The van der Waals surface area contributed by atoms with Crippen LogP contribution in [-0.2, 0) is 0 Å². The van der Waals surface area contributed by atoms with Crippen molar-refractivity contribution in [2.45, 2.75) is 0 Å². The molecular formula is C49H31N3S. The molecule has 10 rings (SSSR count). The highest BCUT2D eigenvalue weighted by atomic mass is 32.1. The molecule has 0 saturated carbocycles. The van der Waals surface area contributed by atoms with E-state index < -0.39 is 0 Å². The average Bonchev–Trinajstić information content (AvgIpc) is 3.62. The molecule has 0 saturated heterocycles. The van der Waals surface area contributed by atoms with Crippen LogP contribution in [0.15, 0.2) is 188 Å². The third kappa shape index (κ3) is 5.48. The minimum absolute atomic E-state index is 0.639. The second-order valence-corrected chi connectivity index (χ2v) is 14.2. The monoisotopic (exact) mass is 693 g/mol. The highest BCUT2D eigenvalue weighted by molar-refractivity contribution is 7.26. The average molecular weight is 694 g/mol. The van der Waals surface area contributed by atoms with Crippen molar-refractivity contribution in [3.05, 3.63) is 188 Å². The smallest absolute Gasteiger partial charge is 0.165 e. The summed E-state index contributed by atoms with van der Waals surface area (Å²) in [5, 5.41) is 4.66. The molecule has 53 heavy (non-hydrogen) atoms. The van der Waals surface area contributed by atoms with Crippen molar-refractivity contribution < 1.29 is 0 Å². The predicted octanol–water partition coefficient (Wildman–Crippen LogP) is 13.4. The number of thiophene rings is 1. The van der Waals surface area contributed by atoms with E-state index >= 15 is 0 Å². The van der Waals surface area contributed by atoms with Crippen LogP contribution in [0.2, 0.25) is 0 Å². The van der Waals surface area contributed by atoms with Crippen molar-refractivity contribution in [2.24, 2.45) is 0 Å². The summed E-state index contributed by atoms with van der Waals surface area (Å²) in [6.45, 7) is 0. The lowest BCUT2D eigenvalue weighted by molar-refractivity contribution is 1.08. The fourth-order valence-electron chi connectivity index (χ4n) is 7.50. The molecule has 0 fully saturated rings. The number of aromatic nitrogens is 3. The Bertz CT molecular complexity index is 2920. The largest absolute Gasteiger partial charge is 0.208 e. The number of nitrogens with zero attached hydrogens (tertiary/aromatic N) is 3. The molecule has 0 aliphatic heterocycles. The maximum Gasteiger partial charge on any atom is 0.165 e. The normalized spacial score (nSPS) is 11.4. The molecule has 0 N–H and O–H groups in total. The van der Waals surface area contributed by atoms with Gasteiger partial charge in [0, 0.05) is 42.4 Å². The lowest BCUT2D eigenvalue weighted by Gasteiger charge is -2.16. The quantitative estimate of drug-likeness (QED) is 0.174. The van der Waals surface area contributed by atoms with Gasteiger partial charge in [0.15, 0.2) is 17.5 Å². The van der Waals surface area contributed by atoms with E-state index in [1.165, 1.54) is 47.8 Å². The summed E-state index contributed by atoms with van der Waals surface area (Å²) in [5.41, 5.74) is 9.90. The molecular weight excluding hydrogens is 663 g/mol. The van der Waals surface area contributed by atoms with Gasteiger partial charge in [0.2, 0.25) is 0 Å². The first-order valence-electron chi connectivity index (χ1n) is 17.8. The van der Waals surface area contributed by atoms with Gasteiger partial charge in [-0.15, -0.1) is 11.3 Å². The van der Waals surface area contributed by atoms with E-state index in [0.29, 0.717) is 17.5 Å². The number of hydrogen-bond acceptors (Lipinski definition) is 4. The molecule has 2 heterocycles. The summed E-state index contributed by atoms with van der Waals surface area (Å²) in [6.07, 6.45) is 0. The van der Waals surface area contributed by atoms with Crippen LogP contribution < -0.4 is 0 Å². The third-order valence-corrected chi connectivity index (χ3v) is 11.2. The molecule has 248 valence electrons. The topological polar surface area (TPSA) is 38.7 Å². The van der Waals surface area contributed by atoms with Gasteiger partial charge in [-0.1, -0.05) is 182 Å². The zero-order chi connectivity index (χ0) is 35.1. The lowest BCUT2D eigenvalue weighted by Crippen LogP contribution is -2.02. The molecule has 0 atom stereocenters. The van der Waals surface area contributed by atoms with Crippen molar-refractivity contribution in [3.63, 3.8) is 0 Å². The molecule has 0 aliphatic carbocycles. The third-order valence-electron chi connectivity index (χ3n) is 9.96. The van der Waals surface area contributed by atoms with E-state index in [-0.39, 0.29) is 0 Å². The SMILES string of the molecule is c1ccc(-c2ccc(-c3ccccc3-c3nc(-c4ccccc4)nc(-c4c5ccccc5c(-c5ccccc5)c5sc6ccccc6c45)n3)cc2)cc1. The van der Waals surface area contributed by atoms with E-state index in [1.807, 2.05) is 35.6 Å². The number of fused-ring (bicyclic) bond motifs is 4. The summed E-state index contributed by atoms with van der Waals surface area (Å²) >= 11 is 1.84. The molecule has 0 spiro atoms. The van der Waals surface area contributed by atoms with Crippen LogP contribution in [0.25, 0.3) is 98.5 Å². The summed E-state index contributed by atoms with van der Waals surface area (Å²) in [6, 6.07) is 66.1. The molecule has 8 aromatic carbocycles. The summed E-state index contributed by atoms with van der Waals surface area (Å²) in [7, 11) is 0. The van der Waals surface area contributed by atoms with Crippen LogP contribution in [-0.4, -0.2) is 15.0 Å². The van der Waals surface area contributed by atoms with Crippen LogP contribution in [0.1, 0.15) is 0 Å². The molecule has 0 unspecified atom stereocenters. The minimum Gasteiger partial charge on any atom is -0.208 e. The first kappa shape index (κ1) is 31.0. The van der Waals surface area contributed by atoms with Crippen molar-refractivity contribution in [1.29, 1.82) is 0 Å². The Morgan fingerprint density at radius 1 is 0.302 bits per heavy atom. The molecule has 0 amide bonds. The van der Waals surface area contributed by atoms with E-state index in [1.54, 1.807) is 0 Å². The van der Waals surface area contributed by atoms with Gasteiger partial charge in [0.25, 0.3) is 0 Å². The van der Waals surface area contributed by atoms with E-state index in [9.17, 15) is 0 Å². The Balaban J connectivity index is 1.26. The van der Waals surface area contributed by atoms with Gasteiger partial charge in [-0.3, -0.25) is 0 Å². The van der Waals surface area contributed by atoms with Crippen LogP contribution in [0.3, 0.4) is 0 Å². The number of rotatable bonds is 6. The Hall–Kier alpha value is -6.75. The lowest BCUT2D eigenvalue weighted by atomic mass is 9.91. The van der Waals surface area contributed by atoms with Crippen LogP contribution in [0.4, 0.5) is 0 Å². The van der Waals surface area contributed by atoms with Crippen LogP contribution >= 0.6 is 11.3 Å². The Morgan fingerprint density at radius 2 is 0.774 bits per heavy atom. The van der Waals surface area contributed by atoms with Gasteiger partial charge >= 0.3 is 0 Å². The van der Waals surface area contributed by atoms with Crippen molar-refractivity contribution in [1.82, 2.24) is 15.0 Å². The fourth-order valence-corrected chi connectivity index (χ4v) is 8.79. The molecule has 10 aromatic rings. The van der Waals surface area contributed by atoms with Crippen LogP contribution in [0.5, 0.6) is 0 Å². The highest BCUT2D eigenvalue weighted by Gasteiger charge is 2.24. The van der Waals surface area contributed by atoms with Crippen molar-refractivity contribution in [2.75, 3.05) is 0 Å². The standard InChI is InChI=1S/C49H31N3S/c1-4-16-32(17-5-1)33-28-30-34(31-29-33)37-22-10-13-25-40(37)48-50-47(36-20-8-3-9-21-36)51-49(52-48)45-39-24-12-11-23-38(39)43(35-18-6-2-7-19-35)46-44(45)41-26-14-15-27-42(41)53-46/h1-31H. The molecule has 0 aliphatic rings. The molecule has 4 heteroatoms. The second-order valence-electron chi connectivity index (χ2n) is 13.1. The number of benzene rings is 8. The molecule has 0 radical (unpaired) electrons. The molecule has 2 aromatic heterocycles. The summed E-state index contributed by atoms with van der Waals surface area (Å²) in [5.74, 6) is 1.94. The first-order valence-corrected chi connectivity index (χ1v) is 18.6. The van der Waals surface area contributed by atoms with Crippen molar-refractivity contribution >= 4 is 42.3 Å². The van der Waals surface area contributed by atoms with E-state index in [0.717, 1.165) is 33.2 Å². The van der Waals surface area contributed by atoms with Crippen molar-refractivity contribution in [3.8, 4) is 67.5 Å². The van der Waals surface area contributed by atoms with Gasteiger partial charge in [0.05, 0.1) is 0 Å². The first-order chi connectivity index (χ1) is 26.3. The van der Waals surface area contributed by atoms with E-state index in [4.69, 9.17) is 15.0 Å². The zero-order valence-corrected chi connectivity index (χ0v) is 29.5. The van der Waals surface area contributed by atoms with Gasteiger partial charge < -0.3 is 0 Å². The van der Waals surface area contributed by atoms with Gasteiger partial charge in [-0.25, -0.2) is 15.0 Å². The van der Waals surface area contributed by atoms with Gasteiger partial charge in [-0.2, -0.15) is 0 Å². The Kier molecular flexibility index (Phi) is 7.67. The molecule has 0 bridgehead atoms.